The van der Waals surface area contributed by atoms with Crippen LogP contribution in [0.3, 0.4) is 0 Å². The zero-order valence-electron chi connectivity index (χ0n) is 11.7. The van der Waals surface area contributed by atoms with E-state index < -0.39 is 0 Å². The van der Waals surface area contributed by atoms with Gasteiger partial charge in [0.25, 0.3) is 0 Å². The van der Waals surface area contributed by atoms with Gasteiger partial charge >= 0.3 is 0 Å². The second-order valence-corrected chi connectivity index (χ2v) is 5.43. The predicted octanol–water partition coefficient (Wildman–Crippen LogP) is -0.212. The van der Waals surface area contributed by atoms with Crippen molar-refractivity contribution in [3.8, 4) is 6.07 Å². The molecule has 0 amide bonds. The number of hydrogen-bond acceptors (Lipinski definition) is 2. The highest BCUT2D eigenvalue weighted by Gasteiger charge is 2.32. The minimum atomic E-state index is 0. The van der Waals surface area contributed by atoms with Crippen LogP contribution in [-0.4, -0.2) is 36.4 Å². The van der Waals surface area contributed by atoms with Crippen LogP contribution < -0.4 is 17.0 Å². The normalized spacial score (nSPS) is 16.8. The Kier molecular flexibility index (Phi) is 6.90. The monoisotopic (exact) mass is 336 g/mol. The van der Waals surface area contributed by atoms with E-state index in [1.807, 2.05) is 30.3 Å². The molecular weight excluding hydrogens is 316 g/mol. The van der Waals surface area contributed by atoms with Crippen LogP contribution >= 0.6 is 0 Å². The third kappa shape index (κ3) is 4.43. The molecule has 1 heterocycles. The average molecular weight is 337 g/mol. The first-order valence-corrected chi connectivity index (χ1v) is 7.06. The summed E-state index contributed by atoms with van der Waals surface area (Å²) >= 11 is 0. The van der Waals surface area contributed by atoms with Crippen LogP contribution in [0, 0.1) is 11.3 Å². The fourth-order valence-corrected chi connectivity index (χ4v) is 2.95. The number of carbonyl (C=O) groups excluding carboxylic acids is 1. The molecule has 0 N–H and O–H groups in total. The van der Waals surface area contributed by atoms with Crippen molar-refractivity contribution in [2.75, 3.05) is 26.2 Å². The molecule has 2 rings (SSSR count). The number of halogens is 1. The van der Waals surface area contributed by atoms with Crippen LogP contribution in [0.15, 0.2) is 30.3 Å². The van der Waals surface area contributed by atoms with Crippen molar-refractivity contribution >= 4 is 5.78 Å². The van der Waals surface area contributed by atoms with Crippen molar-refractivity contribution in [1.82, 2.24) is 0 Å². The lowest BCUT2D eigenvalue weighted by molar-refractivity contribution is -0.924. The fourth-order valence-electron chi connectivity index (χ4n) is 2.95. The number of piperidine rings is 1. The maximum atomic E-state index is 12.4. The summed E-state index contributed by atoms with van der Waals surface area (Å²) < 4.78 is 0.807. The van der Waals surface area contributed by atoms with Crippen LogP contribution in [0.25, 0.3) is 0 Å². The van der Waals surface area contributed by atoms with E-state index in [9.17, 15) is 4.79 Å². The minimum absolute atomic E-state index is 0. The number of carbonyl (C=O) groups is 1. The van der Waals surface area contributed by atoms with E-state index in [-0.39, 0.29) is 22.8 Å². The van der Waals surface area contributed by atoms with Crippen molar-refractivity contribution in [3.05, 3.63) is 35.9 Å². The number of hydrogen-bond donors (Lipinski definition) is 0. The lowest BCUT2D eigenvalue weighted by Gasteiger charge is -2.40. The Morgan fingerprint density at radius 3 is 2.40 bits per heavy atom. The van der Waals surface area contributed by atoms with Gasteiger partial charge in [-0.3, -0.25) is 4.79 Å². The van der Waals surface area contributed by atoms with Gasteiger partial charge in [-0.1, -0.05) is 30.3 Å². The number of nitrogens with zero attached hydrogens (tertiary/aromatic N) is 2. The van der Waals surface area contributed by atoms with E-state index >= 15 is 0 Å². The zero-order valence-corrected chi connectivity index (χ0v) is 13.3. The first-order valence-electron chi connectivity index (χ1n) is 7.06. The molecule has 1 aliphatic heterocycles. The molecule has 108 valence electrons. The van der Waals surface area contributed by atoms with E-state index in [0.29, 0.717) is 13.0 Å². The third-order valence-corrected chi connectivity index (χ3v) is 4.04. The molecule has 1 aromatic rings. The standard InChI is InChI=1S/C16H21N2O.BrH/c17-10-7-13-18(11-5-2-6-12-18)14-16(19)15-8-3-1-4-9-15;/h1,3-4,8-9H,2,5-7,11-14H2;1H/q+1;/p-1. The van der Waals surface area contributed by atoms with Crippen LogP contribution in [0.4, 0.5) is 0 Å². The lowest BCUT2D eigenvalue weighted by atomic mass is 10.0. The highest BCUT2D eigenvalue weighted by molar-refractivity contribution is 5.96. The molecule has 0 aromatic heterocycles. The van der Waals surface area contributed by atoms with Crippen LogP contribution in [0.1, 0.15) is 36.0 Å². The van der Waals surface area contributed by atoms with E-state index in [4.69, 9.17) is 5.26 Å². The number of quaternary nitrogens is 1. The van der Waals surface area contributed by atoms with E-state index in [0.717, 1.165) is 29.7 Å². The van der Waals surface area contributed by atoms with Gasteiger partial charge in [0, 0.05) is 5.56 Å². The fraction of sp³-hybridized carbons (Fsp3) is 0.500. The Balaban J connectivity index is 0.00000200. The third-order valence-electron chi connectivity index (χ3n) is 4.04. The Morgan fingerprint density at radius 2 is 1.80 bits per heavy atom. The van der Waals surface area contributed by atoms with E-state index in [2.05, 4.69) is 6.07 Å². The van der Waals surface area contributed by atoms with Gasteiger partial charge in [0.1, 0.15) is 6.54 Å². The van der Waals surface area contributed by atoms with Gasteiger partial charge in [-0.2, -0.15) is 5.26 Å². The summed E-state index contributed by atoms with van der Waals surface area (Å²) in [5.41, 5.74) is 0.794. The molecule has 1 aliphatic rings. The lowest BCUT2D eigenvalue weighted by Crippen LogP contribution is -3.00. The quantitative estimate of drug-likeness (QED) is 0.551. The van der Waals surface area contributed by atoms with E-state index in [1.165, 1.54) is 19.3 Å². The van der Waals surface area contributed by atoms with Gasteiger partial charge in [-0.05, 0) is 19.3 Å². The summed E-state index contributed by atoms with van der Waals surface area (Å²) in [6, 6.07) is 11.7. The second kappa shape index (κ2) is 8.18. The summed E-state index contributed by atoms with van der Waals surface area (Å²) in [5, 5.41) is 8.82. The SMILES string of the molecule is N#CCC[N+]1(CC(=O)c2ccccc2)CCCCC1.[Br-]. The molecule has 0 unspecified atom stereocenters. The molecule has 1 saturated heterocycles. The molecule has 0 spiro atoms. The molecule has 4 heteroatoms. The van der Waals surface area contributed by atoms with Gasteiger partial charge in [-0.15, -0.1) is 0 Å². The molecule has 1 aromatic carbocycles. The number of ketones is 1. The summed E-state index contributed by atoms with van der Waals surface area (Å²) in [7, 11) is 0. The highest BCUT2D eigenvalue weighted by Crippen LogP contribution is 2.20. The summed E-state index contributed by atoms with van der Waals surface area (Å²) in [6.45, 7) is 3.45. The van der Waals surface area contributed by atoms with Crippen LogP contribution in [0.5, 0.6) is 0 Å². The molecule has 0 bridgehead atoms. The Bertz CT molecular complexity index is 461. The predicted molar refractivity (Wildman–Crippen MR) is 74.6 cm³/mol. The number of rotatable bonds is 5. The molecule has 0 saturated carbocycles. The molecular formula is C16H21BrN2O. The summed E-state index contributed by atoms with van der Waals surface area (Å²) in [6.07, 6.45) is 4.15. The molecule has 0 atom stereocenters. The first-order chi connectivity index (χ1) is 9.26. The minimum Gasteiger partial charge on any atom is -1.00 e. The van der Waals surface area contributed by atoms with Crippen molar-refractivity contribution in [1.29, 1.82) is 5.26 Å². The number of benzene rings is 1. The number of likely N-dealkylation sites (tertiary alicyclic amines) is 1. The maximum absolute atomic E-state index is 12.4. The number of Topliss-reactive ketones (excluding diaryl/α,β-unsaturated/α-hetero) is 1. The maximum Gasteiger partial charge on any atom is 0.216 e. The summed E-state index contributed by atoms with van der Waals surface area (Å²) in [4.78, 5) is 12.4. The second-order valence-electron chi connectivity index (χ2n) is 5.43. The molecule has 1 fully saturated rings. The van der Waals surface area contributed by atoms with Gasteiger partial charge in [0.05, 0.1) is 32.1 Å². The molecule has 0 radical (unpaired) electrons. The van der Waals surface area contributed by atoms with Gasteiger partial charge in [0.15, 0.2) is 0 Å². The van der Waals surface area contributed by atoms with Gasteiger partial charge < -0.3 is 21.5 Å². The highest BCUT2D eigenvalue weighted by atomic mass is 79.9. The topological polar surface area (TPSA) is 40.9 Å². The largest absolute Gasteiger partial charge is 1.00 e. The molecule has 20 heavy (non-hydrogen) atoms. The van der Waals surface area contributed by atoms with Crippen LogP contribution in [0.2, 0.25) is 0 Å². The zero-order chi connectivity index (χ0) is 13.6. The number of nitriles is 1. The van der Waals surface area contributed by atoms with Crippen molar-refractivity contribution < 1.29 is 26.3 Å². The molecule has 3 nitrogen and oxygen atoms in total. The van der Waals surface area contributed by atoms with E-state index in [1.54, 1.807) is 0 Å². The van der Waals surface area contributed by atoms with Crippen molar-refractivity contribution in [2.24, 2.45) is 0 Å². The summed E-state index contributed by atoms with van der Waals surface area (Å²) in [5.74, 6) is 0.209. The van der Waals surface area contributed by atoms with Crippen LogP contribution in [-0.2, 0) is 0 Å². The Hall–Kier alpha value is -1.18. The van der Waals surface area contributed by atoms with Crippen molar-refractivity contribution in [2.45, 2.75) is 25.7 Å². The average Bonchev–Trinajstić information content (AvgIpc) is 2.47. The molecule has 0 aliphatic carbocycles. The first kappa shape index (κ1) is 16.9. The van der Waals surface area contributed by atoms with Gasteiger partial charge in [-0.25, -0.2) is 0 Å². The smallest absolute Gasteiger partial charge is 0.216 e. The van der Waals surface area contributed by atoms with Gasteiger partial charge in [0.2, 0.25) is 5.78 Å². The van der Waals surface area contributed by atoms with Crippen molar-refractivity contribution in [3.63, 3.8) is 0 Å². The Morgan fingerprint density at radius 1 is 1.15 bits per heavy atom. The Labute approximate surface area is 131 Å².